The normalized spacial score (nSPS) is 13.3. The van der Waals surface area contributed by atoms with Gasteiger partial charge in [-0.15, -0.1) is 0 Å². The summed E-state index contributed by atoms with van der Waals surface area (Å²) in [4.78, 5) is 25.0. The predicted molar refractivity (Wildman–Crippen MR) is 90.0 cm³/mol. The minimum absolute atomic E-state index is 0.316. The number of hydrogen-bond donors (Lipinski definition) is 0. The number of methoxy groups -OCH3 is 1. The Bertz CT molecular complexity index is 562. The number of hydrogen-bond acceptors (Lipinski definition) is 6. The summed E-state index contributed by atoms with van der Waals surface area (Å²) in [5, 5.41) is 0. The highest BCUT2D eigenvalue weighted by molar-refractivity contribution is 5.89. The van der Waals surface area contributed by atoms with Crippen LogP contribution in [0.1, 0.15) is 26.2 Å². The summed E-state index contributed by atoms with van der Waals surface area (Å²) in [5.41, 5.74) is 0.469. The Hall–Kier alpha value is -2.43. The Labute approximate surface area is 142 Å². The fourth-order valence-electron chi connectivity index (χ4n) is 1.82. The monoisotopic (exact) mass is 333 g/mol. The second-order valence-electron chi connectivity index (χ2n) is 5.03. The molecular weight excluding hydrogens is 310 g/mol. The molecule has 1 aliphatic heterocycles. The van der Waals surface area contributed by atoms with Crippen molar-refractivity contribution < 1.29 is 23.8 Å². The van der Waals surface area contributed by atoms with E-state index in [2.05, 4.69) is 4.99 Å². The first-order chi connectivity index (χ1) is 11.7. The van der Waals surface area contributed by atoms with Gasteiger partial charge in [-0.2, -0.15) is 0 Å². The minimum Gasteiger partial charge on any atom is -0.497 e. The van der Waals surface area contributed by atoms with E-state index in [1.807, 2.05) is 0 Å². The van der Waals surface area contributed by atoms with Crippen LogP contribution in [0.25, 0.3) is 0 Å². The van der Waals surface area contributed by atoms with Crippen molar-refractivity contribution in [2.45, 2.75) is 26.2 Å². The van der Waals surface area contributed by atoms with Gasteiger partial charge in [0.05, 0.1) is 13.7 Å². The molecule has 1 aromatic rings. The second-order valence-corrected chi connectivity index (χ2v) is 5.03. The molecule has 1 aliphatic rings. The number of ether oxygens (including phenoxy) is 3. The van der Waals surface area contributed by atoms with Crippen LogP contribution in [0.3, 0.4) is 0 Å². The zero-order valence-corrected chi connectivity index (χ0v) is 14.1. The summed E-state index contributed by atoms with van der Waals surface area (Å²) in [6, 6.07) is 6.72. The van der Waals surface area contributed by atoms with Crippen LogP contribution in [0, 0.1) is 0 Å². The maximum absolute atomic E-state index is 11.7. The molecule has 1 heterocycles. The van der Waals surface area contributed by atoms with Crippen LogP contribution in [0.5, 0.6) is 11.5 Å². The van der Waals surface area contributed by atoms with Crippen LogP contribution in [0.2, 0.25) is 0 Å². The molecule has 0 aromatic heterocycles. The van der Waals surface area contributed by atoms with E-state index in [-0.39, 0.29) is 0 Å². The van der Waals surface area contributed by atoms with E-state index < -0.39 is 5.97 Å². The first-order valence-electron chi connectivity index (χ1n) is 7.81. The van der Waals surface area contributed by atoms with E-state index in [1.54, 1.807) is 44.4 Å². The molecule has 1 saturated heterocycles. The number of isocyanates is 1. The zero-order valence-electron chi connectivity index (χ0n) is 14.1. The number of benzene rings is 1. The van der Waals surface area contributed by atoms with Gasteiger partial charge < -0.3 is 14.2 Å². The van der Waals surface area contributed by atoms with Gasteiger partial charge in [0.2, 0.25) is 6.08 Å². The molecule has 2 rings (SSSR count). The number of esters is 1. The smallest absolute Gasteiger partial charge is 0.338 e. The lowest BCUT2D eigenvalue weighted by atomic mass is 10.2. The molecule has 0 bridgehead atoms. The van der Waals surface area contributed by atoms with Crippen LogP contribution >= 0.6 is 0 Å². The number of carbonyl (C=O) groups excluding carboxylic acids is 2. The molecule has 1 aromatic carbocycles. The SMILES string of the molecule is C1CCOC1.COc1ccc(OC(=O)C(C)=CCCN=C=O)cc1. The van der Waals surface area contributed by atoms with E-state index >= 15 is 0 Å². The van der Waals surface area contributed by atoms with Gasteiger partial charge in [0.25, 0.3) is 0 Å². The Morgan fingerprint density at radius 1 is 1.25 bits per heavy atom. The Morgan fingerprint density at radius 3 is 2.38 bits per heavy atom. The molecule has 0 saturated carbocycles. The third kappa shape index (κ3) is 8.27. The zero-order chi connectivity index (χ0) is 17.6. The van der Waals surface area contributed by atoms with Gasteiger partial charge in [-0.05, 0) is 50.5 Å². The van der Waals surface area contributed by atoms with Crippen LogP contribution < -0.4 is 9.47 Å². The van der Waals surface area contributed by atoms with E-state index in [9.17, 15) is 9.59 Å². The molecule has 24 heavy (non-hydrogen) atoms. The predicted octanol–water partition coefficient (Wildman–Crippen LogP) is 3.07. The van der Waals surface area contributed by atoms with Gasteiger partial charge in [0.1, 0.15) is 11.5 Å². The number of aliphatic imine (C=N–C) groups is 1. The maximum Gasteiger partial charge on any atom is 0.338 e. The molecule has 0 amide bonds. The first-order valence-corrected chi connectivity index (χ1v) is 7.81. The standard InChI is InChI=1S/C14H15NO4.C4H8O/c1-11(4-3-9-15-10-16)14(17)19-13-7-5-12(18-2)6-8-13;1-2-4-5-3-1/h4-8H,3,9H2,1-2H3;1-4H2. The molecule has 0 spiro atoms. The van der Waals surface area contributed by atoms with Crippen molar-refractivity contribution in [3.8, 4) is 11.5 Å². The molecule has 0 aliphatic carbocycles. The topological polar surface area (TPSA) is 74.2 Å². The molecule has 1 fully saturated rings. The lowest BCUT2D eigenvalue weighted by Crippen LogP contribution is -2.09. The van der Waals surface area contributed by atoms with Gasteiger partial charge in [-0.1, -0.05) is 6.08 Å². The van der Waals surface area contributed by atoms with Crippen LogP contribution in [-0.4, -0.2) is 38.9 Å². The number of nitrogens with zero attached hydrogens (tertiary/aromatic N) is 1. The molecular formula is C18H23NO5. The first kappa shape index (κ1) is 19.6. The number of carbonyl (C=O) groups is 1. The van der Waals surface area contributed by atoms with Crippen molar-refractivity contribution in [1.29, 1.82) is 0 Å². The highest BCUT2D eigenvalue weighted by atomic mass is 16.5. The van der Waals surface area contributed by atoms with Crippen molar-refractivity contribution >= 4 is 12.0 Å². The van der Waals surface area contributed by atoms with Gasteiger partial charge in [-0.25, -0.2) is 14.6 Å². The molecule has 0 N–H and O–H groups in total. The summed E-state index contributed by atoms with van der Waals surface area (Å²) in [6.45, 7) is 3.97. The Balaban J connectivity index is 0.000000488. The van der Waals surface area contributed by atoms with Gasteiger partial charge >= 0.3 is 5.97 Å². The third-order valence-corrected chi connectivity index (χ3v) is 3.18. The molecule has 6 heteroatoms. The molecule has 0 unspecified atom stereocenters. The summed E-state index contributed by atoms with van der Waals surface area (Å²) in [6.07, 6.45) is 6.17. The van der Waals surface area contributed by atoms with Crippen molar-refractivity contribution in [1.82, 2.24) is 0 Å². The lowest BCUT2D eigenvalue weighted by Gasteiger charge is -2.05. The highest BCUT2D eigenvalue weighted by Crippen LogP contribution is 2.18. The van der Waals surface area contributed by atoms with Crippen LogP contribution in [0.15, 0.2) is 40.9 Å². The maximum atomic E-state index is 11.7. The minimum atomic E-state index is -0.430. The average Bonchev–Trinajstić information content (AvgIpc) is 3.19. The van der Waals surface area contributed by atoms with Crippen molar-refractivity contribution in [3.63, 3.8) is 0 Å². The van der Waals surface area contributed by atoms with Crippen molar-refractivity contribution in [3.05, 3.63) is 35.9 Å². The lowest BCUT2D eigenvalue weighted by molar-refractivity contribution is -0.130. The second kappa shape index (κ2) is 12.0. The van der Waals surface area contributed by atoms with E-state index in [4.69, 9.17) is 14.2 Å². The van der Waals surface area contributed by atoms with E-state index in [0.717, 1.165) is 13.2 Å². The van der Waals surface area contributed by atoms with Gasteiger partial charge in [0.15, 0.2) is 0 Å². The van der Waals surface area contributed by atoms with Crippen LogP contribution in [-0.2, 0) is 14.3 Å². The summed E-state index contributed by atoms with van der Waals surface area (Å²) in [5.74, 6) is 0.712. The highest BCUT2D eigenvalue weighted by Gasteiger charge is 2.07. The van der Waals surface area contributed by atoms with Crippen molar-refractivity contribution in [2.75, 3.05) is 26.9 Å². The fraction of sp³-hybridized carbons (Fsp3) is 0.444. The molecule has 130 valence electrons. The summed E-state index contributed by atoms with van der Waals surface area (Å²) < 4.78 is 15.1. The van der Waals surface area contributed by atoms with E-state index in [0.29, 0.717) is 30.0 Å². The molecule has 0 radical (unpaired) electrons. The van der Waals surface area contributed by atoms with Crippen molar-refractivity contribution in [2.24, 2.45) is 4.99 Å². The Kier molecular flexibility index (Phi) is 9.85. The quantitative estimate of drug-likeness (QED) is 0.200. The number of rotatable bonds is 6. The Morgan fingerprint density at radius 2 is 1.88 bits per heavy atom. The van der Waals surface area contributed by atoms with Gasteiger partial charge in [-0.3, -0.25) is 0 Å². The summed E-state index contributed by atoms with van der Waals surface area (Å²) in [7, 11) is 1.57. The molecule has 6 nitrogen and oxygen atoms in total. The van der Waals surface area contributed by atoms with E-state index in [1.165, 1.54) is 18.9 Å². The van der Waals surface area contributed by atoms with Gasteiger partial charge in [0, 0.05) is 18.8 Å². The summed E-state index contributed by atoms with van der Waals surface area (Å²) >= 11 is 0. The largest absolute Gasteiger partial charge is 0.497 e. The fourth-order valence-corrected chi connectivity index (χ4v) is 1.82. The molecule has 0 atom stereocenters. The van der Waals surface area contributed by atoms with Crippen LogP contribution in [0.4, 0.5) is 0 Å². The third-order valence-electron chi connectivity index (χ3n) is 3.18. The average molecular weight is 333 g/mol.